The van der Waals surface area contributed by atoms with Gasteiger partial charge in [0.2, 0.25) is 0 Å². The van der Waals surface area contributed by atoms with E-state index in [2.05, 4.69) is 31.0 Å². The van der Waals surface area contributed by atoms with E-state index in [1.165, 1.54) is 77.4 Å². The van der Waals surface area contributed by atoms with Crippen LogP contribution in [0.3, 0.4) is 0 Å². The molecule has 0 aromatic rings. The van der Waals surface area contributed by atoms with Gasteiger partial charge in [0.1, 0.15) is 0 Å². The van der Waals surface area contributed by atoms with Crippen LogP contribution in [0.25, 0.3) is 0 Å². The molecule has 0 aromatic heterocycles. The van der Waals surface area contributed by atoms with E-state index in [1.807, 2.05) is 0 Å². The Kier molecular flexibility index (Phi) is 7.53. The SMILES string of the molecule is CCCCC1CC(NCCC(C)C)CN(C2CCCC2)C1. The van der Waals surface area contributed by atoms with Crippen LogP contribution in [0.2, 0.25) is 0 Å². The second-order valence-corrected chi connectivity index (χ2v) is 7.97. The number of nitrogens with zero attached hydrogens (tertiary/aromatic N) is 1. The number of hydrogen-bond donors (Lipinski definition) is 1. The molecule has 2 nitrogen and oxygen atoms in total. The molecule has 0 amide bonds. The molecule has 1 saturated heterocycles. The van der Waals surface area contributed by atoms with Gasteiger partial charge >= 0.3 is 0 Å². The van der Waals surface area contributed by atoms with Crippen molar-refractivity contribution >= 4 is 0 Å². The standard InChI is InChI=1S/C19H38N2/c1-4-5-8-17-13-18(20-12-11-16(2)3)15-21(14-17)19-9-6-7-10-19/h16-20H,4-15H2,1-3H3. The predicted molar refractivity (Wildman–Crippen MR) is 92.7 cm³/mol. The molecular weight excluding hydrogens is 256 g/mol. The molecule has 1 saturated carbocycles. The molecule has 2 atom stereocenters. The van der Waals surface area contributed by atoms with Crippen molar-refractivity contribution in [1.29, 1.82) is 0 Å². The largest absolute Gasteiger partial charge is 0.313 e. The zero-order valence-electron chi connectivity index (χ0n) is 14.7. The normalized spacial score (nSPS) is 28.6. The highest BCUT2D eigenvalue weighted by molar-refractivity contribution is 4.88. The van der Waals surface area contributed by atoms with Gasteiger partial charge in [0.25, 0.3) is 0 Å². The smallest absolute Gasteiger partial charge is 0.0198 e. The lowest BCUT2D eigenvalue weighted by molar-refractivity contribution is 0.0940. The van der Waals surface area contributed by atoms with Gasteiger partial charge in [-0.05, 0) is 50.5 Å². The topological polar surface area (TPSA) is 15.3 Å². The first-order valence-corrected chi connectivity index (χ1v) is 9.66. The summed E-state index contributed by atoms with van der Waals surface area (Å²) in [6, 6.07) is 1.66. The lowest BCUT2D eigenvalue weighted by Crippen LogP contribution is -2.52. The summed E-state index contributed by atoms with van der Waals surface area (Å²) in [5.41, 5.74) is 0. The van der Waals surface area contributed by atoms with Gasteiger partial charge in [0, 0.05) is 25.2 Å². The predicted octanol–water partition coefficient (Wildman–Crippen LogP) is 4.45. The van der Waals surface area contributed by atoms with Gasteiger partial charge in [-0.3, -0.25) is 4.90 Å². The summed E-state index contributed by atoms with van der Waals surface area (Å²) >= 11 is 0. The molecule has 0 aromatic carbocycles. The van der Waals surface area contributed by atoms with Crippen LogP contribution >= 0.6 is 0 Å². The molecule has 2 aliphatic rings. The van der Waals surface area contributed by atoms with Crippen LogP contribution in [-0.4, -0.2) is 36.6 Å². The third kappa shape index (κ3) is 5.90. The minimum atomic E-state index is 0.750. The number of nitrogens with one attached hydrogen (secondary N) is 1. The number of piperidine rings is 1. The molecule has 2 unspecified atom stereocenters. The van der Waals surface area contributed by atoms with E-state index < -0.39 is 0 Å². The molecule has 21 heavy (non-hydrogen) atoms. The molecule has 1 aliphatic heterocycles. The van der Waals surface area contributed by atoms with Gasteiger partial charge in [-0.2, -0.15) is 0 Å². The Hall–Kier alpha value is -0.0800. The zero-order valence-corrected chi connectivity index (χ0v) is 14.7. The molecule has 1 N–H and O–H groups in total. The molecule has 2 fully saturated rings. The van der Waals surface area contributed by atoms with Crippen LogP contribution in [0, 0.1) is 11.8 Å². The maximum Gasteiger partial charge on any atom is 0.0198 e. The monoisotopic (exact) mass is 294 g/mol. The fraction of sp³-hybridized carbons (Fsp3) is 1.00. The Labute approximate surface area is 133 Å². The Balaban J connectivity index is 1.83. The van der Waals surface area contributed by atoms with Crippen molar-refractivity contribution in [3.8, 4) is 0 Å². The molecule has 0 spiro atoms. The van der Waals surface area contributed by atoms with E-state index in [0.29, 0.717) is 0 Å². The maximum absolute atomic E-state index is 3.87. The van der Waals surface area contributed by atoms with Crippen LogP contribution in [-0.2, 0) is 0 Å². The van der Waals surface area contributed by atoms with Crippen molar-refractivity contribution in [3.05, 3.63) is 0 Å². The van der Waals surface area contributed by atoms with E-state index >= 15 is 0 Å². The number of unbranched alkanes of at least 4 members (excludes halogenated alkanes) is 1. The van der Waals surface area contributed by atoms with Gasteiger partial charge in [-0.25, -0.2) is 0 Å². The van der Waals surface area contributed by atoms with Gasteiger partial charge in [0.05, 0.1) is 0 Å². The first-order valence-electron chi connectivity index (χ1n) is 9.66. The molecular formula is C19H38N2. The Bertz CT molecular complexity index is 271. The summed E-state index contributed by atoms with van der Waals surface area (Å²) in [5, 5.41) is 3.87. The molecule has 0 bridgehead atoms. The Morgan fingerprint density at radius 1 is 1.14 bits per heavy atom. The highest BCUT2D eigenvalue weighted by Crippen LogP contribution is 2.29. The number of hydrogen-bond acceptors (Lipinski definition) is 2. The highest BCUT2D eigenvalue weighted by atomic mass is 15.2. The lowest BCUT2D eigenvalue weighted by atomic mass is 9.88. The van der Waals surface area contributed by atoms with Gasteiger partial charge in [-0.15, -0.1) is 0 Å². The van der Waals surface area contributed by atoms with Gasteiger partial charge in [-0.1, -0.05) is 46.5 Å². The first kappa shape index (κ1) is 17.3. The van der Waals surface area contributed by atoms with Crippen molar-refractivity contribution < 1.29 is 0 Å². The number of rotatable bonds is 8. The van der Waals surface area contributed by atoms with E-state index in [0.717, 1.165) is 23.9 Å². The summed E-state index contributed by atoms with van der Waals surface area (Å²) in [6.45, 7) is 10.9. The van der Waals surface area contributed by atoms with E-state index in [1.54, 1.807) is 0 Å². The summed E-state index contributed by atoms with van der Waals surface area (Å²) in [7, 11) is 0. The molecule has 1 heterocycles. The quantitative estimate of drug-likeness (QED) is 0.711. The third-order valence-electron chi connectivity index (χ3n) is 5.53. The van der Waals surface area contributed by atoms with Crippen LogP contribution in [0.1, 0.15) is 78.6 Å². The van der Waals surface area contributed by atoms with Crippen LogP contribution < -0.4 is 5.32 Å². The average molecular weight is 295 g/mol. The number of likely N-dealkylation sites (tertiary alicyclic amines) is 1. The minimum absolute atomic E-state index is 0.750. The second kappa shape index (κ2) is 9.15. The van der Waals surface area contributed by atoms with Gasteiger partial charge in [0.15, 0.2) is 0 Å². The van der Waals surface area contributed by atoms with Crippen LogP contribution in [0.4, 0.5) is 0 Å². The minimum Gasteiger partial charge on any atom is -0.313 e. The lowest BCUT2D eigenvalue weighted by Gasteiger charge is -2.41. The molecule has 2 rings (SSSR count). The van der Waals surface area contributed by atoms with Gasteiger partial charge < -0.3 is 5.32 Å². The molecule has 0 radical (unpaired) electrons. The maximum atomic E-state index is 3.87. The van der Waals surface area contributed by atoms with E-state index in [9.17, 15) is 0 Å². The molecule has 1 aliphatic carbocycles. The fourth-order valence-electron chi connectivity index (χ4n) is 4.23. The molecule has 124 valence electrons. The molecule has 2 heteroatoms. The van der Waals surface area contributed by atoms with Crippen molar-refractivity contribution in [3.63, 3.8) is 0 Å². The fourth-order valence-corrected chi connectivity index (χ4v) is 4.23. The Morgan fingerprint density at radius 2 is 1.90 bits per heavy atom. The second-order valence-electron chi connectivity index (χ2n) is 7.97. The first-order chi connectivity index (χ1) is 10.2. The average Bonchev–Trinajstić information content (AvgIpc) is 2.99. The summed E-state index contributed by atoms with van der Waals surface area (Å²) in [6.07, 6.45) is 12.8. The van der Waals surface area contributed by atoms with Crippen molar-refractivity contribution in [2.24, 2.45) is 11.8 Å². The van der Waals surface area contributed by atoms with Crippen molar-refractivity contribution in [1.82, 2.24) is 10.2 Å². The van der Waals surface area contributed by atoms with Crippen molar-refractivity contribution in [2.75, 3.05) is 19.6 Å². The summed E-state index contributed by atoms with van der Waals surface area (Å²) in [4.78, 5) is 2.85. The van der Waals surface area contributed by atoms with Crippen LogP contribution in [0.15, 0.2) is 0 Å². The van der Waals surface area contributed by atoms with Crippen molar-refractivity contribution in [2.45, 2.75) is 90.6 Å². The Morgan fingerprint density at radius 3 is 2.57 bits per heavy atom. The third-order valence-corrected chi connectivity index (χ3v) is 5.53. The zero-order chi connectivity index (χ0) is 15.1. The summed E-state index contributed by atoms with van der Waals surface area (Å²) < 4.78 is 0. The summed E-state index contributed by atoms with van der Waals surface area (Å²) in [5.74, 6) is 1.76. The van der Waals surface area contributed by atoms with E-state index in [4.69, 9.17) is 0 Å². The van der Waals surface area contributed by atoms with E-state index in [-0.39, 0.29) is 0 Å². The highest BCUT2D eigenvalue weighted by Gasteiger charge is 2.31. The van der Waals surface area contributed by atoms with Crippen LogP contribution in [0.5, 0.6) is 0 Å².